The fraction of sp³-hybridized carbons (Fsp3) is 0.278. The predicted octanol–water partition coefficient (Wildman–Crippen LogP) is 2.82. The second kappa shape index (κ2) is 7.05. The Bertz CT molecular complexity index is 700. The Hall–Kier alpha value is -2.69. The number of aliphatic imine (C=N–C) groups is 1. The van der Waals surface area contributed by atoms with Gasteiger partial charge in [0.15, 0.2) is 23.6 Å². The van der Waals surface area contributed by atoms with Crippen LogP contribution in [0.15, 0.2) is 53.5 Å². The summed E-state index contributed by atoms with van der Waals surface area (Å²) < 4.78 is 11.5. The largest absolute Gasteiger partial charge is 0.486 e. The summed E-state index contributed by atoms with van der Waals surface area (Å²) >= 11 is 0. The number of benzene rings is 2. The summed E-state index contributed by atoms with van der Waals surface area (Å²) in [5, 5.41) is 3.11. The molecule has 0 bridgehead atoms. The van der Waals surface area contributed by atoms with E-state index in [-0.39, 0.29) is 6.10 Å². The molecule has 0 amide bonds. The van der Waals surface area contributed by atoms with Crippen molar-refractivity contribution < 1.29 is 9.47 Å². The summed E-state index contributed by atoms with van der Waals surface area (Å²) in [6.45, 7) is 3.04. The molecule has 3 rings (SSSR count). The molecule has 1 aliphatic rings. The van der Waals surface area contributed by atoms with Crippen LogP contribution < -0.4 is 20.5 Å². The summed E-state index contributed by atoms with van der Waals surface area (Å²) in [4.78, 5) is 4.35. The smallest absolute Gasteiger partial charge is 0.193 e. The highest BCUT2D eigenvalue weighted by molar-refractivity contribution is 5.92. The third-order valence-electron chi connectivity index (χ3n) is 3.64. The minimum absolute atomic E-state index is 0.132. The van der Waals surface area contributed by atoms with Crippen molar-refractivity contribution in [2.75, 3.05) is 18.5 Å². The molecule has 0 aromatic heterocycles. The summed E-state index contributed by atoms with van der Waals surface area (Å²) in [5.74, 6) is 1.90. The van der Waals surface area contributed by atoms with E-state index in [0.29, 0.717) is 19.1 Å². The van der Waals surface area contributed by atoms with Gasteiger partial charge in [-0.15, -0.1) is 0 Å². The standard InChI is InChI=1S/C18H21N3O2/c1-2-13-6-5-7-14(10-13)21-18(19)20-11-15-12-22-16-8-3-4-9-17(16)23-15/h3-10,15H,2,11-12H2,1H3,(H3,19,20,21). The maximum atomic E-state index is 5.95. The van der Waals surface area contributed by atoms with Crippen molar-refractivity contribution in [3.05, 3.63) is 54.1 Å². The second-order valence-electron chi connectivity index (χ2n) is 5.40. The third kappa shape index (κ3) is 3.94. The van der Waals surface area contributed by atoms with Gasteiger partial charge in [-0.3, -0.25) is 0 Å². The molecule has 1 unspecified atom stereocenters. The monoisotopic (exact) mass is 311 g/mol. The SMILES string of the molecule is CCc1cccc(NC(N)=NCC2COc3ccccc3O2)c1. The van der Waals surface area contributed by atoms with Crippen molar-refractivity contribution in [3.63, 3.8) is 0 Å². The van der Waals surface area contributed by atoms with Crippen molar-refractivity contribution in [1.82, 2.24) is 0 Å². The lowest BCUT2D eigenvalue weighted by Crippen LogP contribution is -2.33. The van der Waals surface area contributed by atoms with E-state index in [9.17, 15) is 0 Å². The van der Waals surface area contributed by atoms with Crippen LogP contribution in [0.2, 0.25) is 0 Å². The van der Waals surface area contributed by atoms with Gasteiger partial charge in [-0.1, -0.05) is 31.2 Å². The lowest BCUT2D eigenvalue weighted by molar-refractivity contribution is 0.0972. The number of nitrogens with zero attached hydrogens (tertiary/aromatic N) is 1. The molecule has 120 valence electrons. The second-order valence-corrected chi connectivity index (χ2v) is 5.40. The quantitative estimate of drug-likeness (QED) is 0.673. The average Bonchev–Trinajstić information content (AvgIpc) is 2.60. The van der Waals surface area contributed by atoms with Gasteiger partial charge in [0, 0.05) is 5.69 Å². The highest BCUT2D eigenvalue weighted by Crippen LogP contribution is 2.30. The highest BCUT2D eigenvalue weighted by atomic mass is 16.6. The zero-order valence-corrected chi connectivity index (χ0v) is 13.2. The summed E-state index contributed by atoms with van der Waals surface area (Å²) in [7, 11) is 0. The fourth-order valence-corrected chi connectivity index (χ4v) is 2.41. The van der Waals surface area contributed by atoms with E-state index < -0.39 is 0 Å². The van der Waals surface area contributed by atoms with Crippen LogP contribution in [-0.2, 0) is 6.42 Å². The molecule has 0 aliphatic carbocycles. The lowest BCUT2D eigenvalue weighted by Gasteiger charge is -2.25. The van der Waals surface area contributed by atoms with E-state index in [1.807, 2.05) is 36.4 Å². The number of rotatable bonds is 4. The Balaban J connectivity index is 1.57. The van der Waals surface area contributed by atoms with Gasteiger partial charge in [-0.25, -0.2) is 4.99 Å². The van der Waals surface area contributed by atoms with E-state index >= 15 is 0 Å². The zero-order chi connectivity index (χ0) is 16.1. The van der Waals surface area contributed by atoms with Gasteiger partial charge in [0.2, 0.25) is 0 Å². The first-order valence-electron chi connectivity index (χ1n) is 7.79. The Morgan fingerprint density at radius 2 is 2.04 bits per heavy atom. The van der Waals surface area contributed by atoms with Gasteiger partial charge in [0.25, 0.3) is 0 Å². The van der Waals surface area contributed by atoms with E-state index in [1.54, 1.807) is 0 Å². The molecule has 5 heteroatoms. The van der Waals surface area contributed by atoms with Gasteiger partial charge < -0.3 is 20.5 Å². The minimum atomic E-state index is -0.132. The summed E-state index contributed by atoms with van der Waals surface area (Å²) in [5.41, 5.74) is 8.15. The molecule has 2 aromatic rings. The maximum absolute atomic E-state index is 5.95. The van der Waals surface area contributed by atoms with Gasteiger partial charge in [-0.05, 0) is 36.2 Å². The Morgan fingerprint density at radius 1 is 1.22 bits per heavy atom. The molecule has 0 radical (unpaired) electrons. The number of ether oxygens (including phenoxy) is 2. The molecular formula is C18H21N3O2. The van der Waals surface area contributed by atoms with Crippen molar-refractivity contribution in [1.29, 1.82) is 0 Å². The van der Waals surface area contributed by atoms with Crippen molar-refractivity contribution >= 4 is 11.6 Å². The third-order valence-corrected chi connectivity index (χ3v) is 3.64. The Morgan fingerprint density at radius 3 is 2.87 bits per heavy atom. The van der Waals surface area contributed by atoms with Gasteiger partial charge in [0.05, 0.1) is 6.54 Å². The van der Waals surface area contributed by atoms with Crippen LogP contribution in [0.5, 0.6) is 11.5 Å². The number of anilines is 1. The first-order valence-corrected chi connectivity index (χ1v) is 7.79. The average molecular weight is 311 g/mol. The molecule has 5 nitrogen and oxygen atoms in total. The van der Waals surface area contributed by atoms with E-state index in [1.165, 1.54) is 5.56 Å². The normalized spacial score (nSPS) is 16.9. The predicted molar refractivity (Wildman–Crippen MR) is 92.3 cm³/mol. The molecular weight excluding hydrogens is 290 g/mol. The minimum Gasteiger partial charge on any atom is -0.486 e. The number of hydrogen-bond donors (Lipinski definition) is 2. The van der Waals surface area contributed by atoms with Crippen LogP contribution in [0.3, 0.4) is 0 Å². The topological polar surface area (TPSA) is 68.9 Å². The van der Waals surface area contributed by atoms with Crippen molar-refractivity contribution in [2.24, 2.45) is 10.7 Å². The van der Waals surface area contributed by atoms with Gasteiger partial charge in [-0.2, -0.15) is 0 Å². The Labute approximate surface area is 136 Å². The summed E-state index contributed by atoms with van der Waals surface area (Å²) in [6, 6.07) is 15.8. The van der Waals surface area contributed by atoms with Crippen LogP contribution in [0.4, 0.5) is 5.69 Å². The highest BCUT2D eigenvalue weighted by Gasteiger charge is 2.20. The van der Waals surface area contributed by atoms with Gasteiger partial charge >= 0.3 is 0 Å². The van der Waals surface area contributed by atoms with Crippen LogP contribution in [0.1, 0.15) is 12.5 Å². The first kappa shape index (κ1) is 15.2. The molecule has 3 N–H and O–H groups in total. The van der Waals surface area contributed by atoms with Crippen LogP contribution in [0.25, 0.3) is 0 Å². The van der Waals surface area contributed by atoms with Crippen LogP contribution in [-0.4, -0.2) is 25.2 Å². The number of nitrogens with two attached hydrogens (primary N) is 1. The van der Waals surface area contributed by atoms with Crippen LogP contribution in [0, 0.1) is 0 Å². The number of para-hydroxylation sites is 2. The van der Waals surface area contributed by atoms with E-state index in [4.69, 9.17) is 15.2 Å². The maximum Gasteiger partial charge on any atom is 0.193 e. The molecule has 0 saturated heterocycles. The zero-order valence-electron chi connectivity index (χ0n) is 13.2. The Kier molecular flexibility index (Phi) is 4.66. The van der Waals surface area contributed by atoms with E-state index in [2.05, 4.69) is 29.4 Å². The van der Waals surface area contributed by atoms with Crippen LogP contribution >= 0.6 is 0 Å². The number of hydrogen-bond acceptors (Lipinski definition) is 3. The van der Waals surface area contributed by atoms with Crippen molar-refractivity contribution in [3.8, 4) is 11.5 Å². The fourth-order valence-electron chi connectivity index (χ4n) is 2.41. The van der Waals surface area contributed by atoms with Gasteiger partial charge in [0.1, 0.15) is 6.61 Å². The molecule has 0 fully saturated rings. The number of fused-ring (bicyclic) bond motifs is 1. The number of guanidine groups is 1. The molecule has 2 aromatic carbocycles. The van der Waals surface area contributed by atoms with Crippen molar-refractivity contribution in [2.45, 2.75) is 19.4 Å². The molecule has 1 atom stereocenters. The number of nitrogens with one attached hydrogen (secondary N) is 1. The first-order chi connectivity index (χ1) is 11.2. The molecule has 0 spiro atoms. The summed E-state index contributed by atoms with van der Waals surface area (Å²) in [6.07, 6.45) is 0.853. The molecule has 0 saturated carbocycles. The lowest BCUT2D eigenvalue weighted by atomic mass is 10.1. The molecule has 23 heavy (non-hydrogen) atoms. The molecule has 1 heterocycles. The molecule has 1 aliphatic heterocycles. The van der Waals surface area contributed by atoms with E-state index in [0.717, 1.165) is 23.6 Å². The number of aryl methyl sites for hydroxylation is 1.